The Labute approximate surface area is 154 Å². The van der Waals surface area contributed by atoms with Gasteiger partial charge in [0.05, 0.1) is 13.2 Å². The fourth-order valence-electron chi connectivity index (χ4n) is 4.59. The number of rotatable bonds is 6. The van der Waals surface area contributed by atoms with Crippen molar-refractivity contribution in [2.75, 3.05) is 45.9 Å². The lowest BCUT2D eigenvalue weighted by Gasteiger charge is -2.27. The van der Waals surface area contributed by atoms with Gasteiger partial charge in [0.15, 0.2) is 5.82 Å². The molecule has 1 N–H and O–H groups in total. The number of nitrogens with zero attached hydrogens (tertiary/aromatic N) is 4. The highest BCUT2D eigenvalue weighted by Crippen LogP contribution is 2.47. The third kappa shape index (κ3) is 3.51. The summed E-state index contributed by atoms with van der Waals surface area (Å²) in [6.45, 7) is 5.82. The Morgan fingerprint density at radius 3 is 2.69 bits per heavy atom. The lowest BCUT2D eigenvalue weighted by atomic mass is 9.91. The molecule has 4 fully saturated rings. The van der Waals surface area contributed by atoms with Gasteiger partial charge in [0, 0.05) is 51.0 Å². The highest BCUT2D eigenvalue weighted by atomic mass is 16.5. The van der Waals surface area contributed by atoms with E-state index in [1.165, 1.54) is 25.7 Å². The number of likely N-dealkylation sites (tertiary alicyclic amines) is 1. The van der Waals surface area contributed by atoms with Crippen molar-refractivity contribution in [3.8, 4) is 0 Å². The molecule has 7 nitrogen and oxygen atoms in total. The molecule has 2 saturated heterocycles. The van der Waals surface area contributed by atoms with Gasteiger partial charge >= 0.3 is 0 Å². The minimum atomic E-state index is 0.274. The van der Waals surface area contributed by atoms with Gasteiger partial charge in [-0.3, -0.25) is 9.89 Å². The van der Waals surface area contributed by atoms with Crippen LogP contribution in [0.3, 0.4) is 0 Å². The van der Waals surface area contributed by atoms with Gasteiger partial charge in [-0.05, 0) is 37.5 Å². The fourth-order valence-corrected chi connectivity index (χ4v) is 4.59. The molecule has 4 aliphatic rings. The highest BCUT2D eigenvalue weighted by molar-refractivity contribution is 5.76. The first-order chi connectivity index (χ1) is 12.8. The Morgan fingerprint density at radius 1 is 1.15 bits per heavy atom. The molecule has 1 amide bonds. The second-order valence-corrected chi connectivity index (χ2v) is 8.46. The Hall–Kier alpha value is -1.47. The van der Waals surface area contributed by atoms with Crippen LogP contribution in [-0.4, -0.2) is 76.8 Å². The quantitative estimate of drug-likeness (QED) is 0.830. The van der Waals surface area contributed by atoms with Gasteiger partial charge < -0.3 is 14.5 Å². The van der Waals surface area contributed by atoms with E-state index in [2.05, 4.69) is 15.1 Å². The largest absolute Gasteiger partial charge is 0.378 e. The standard InChI is InChI=1S/C19H29N5O2/c25-17(24-7-9-26-10-8-24)5-6-23-11-15(13-1-2-13)16(12-23)19-20-18(21-22-19)14-3-4-14/h13-16H,1-12H2,(H,20,21,22)/t15-,16+/m1/s1. The summed E-state index contributed by atoms with van der Waals surface area (Å²) in [4.78, 5) is 21.7. The van der Waals surface area contributed by atoms with E-state index in [9.17, 15) is 4.79 Å². The van der Waals surface area contributed by atoms with Crippen LogP contribution in [0.4, 0.5) is 0 Å². The van der Waals surface area contributed by atoms with E-state index in [-0.39, 0.29) is 5.91 Å². The van der Waals surface area contributed by atoms with Gasteiger partial charge in [-0.2, -0.15) is 5.10 Å². The van der Waals surface area contributed by atoms with E-state index in [1.807, 2.05) is 4.90 Å². The summed E-state index contributed by atoms with van der Waals surface area (Å²) in [5, 5.41) is 7.71. The Morgan fingerprint density at radius 2 is 1.96 bits per heavy atom. The average molecular weight is 359 g/mol. The van der Waals surface area contributed by atoms with Crippen LogP contribution in [0.5, 0.6) is 0 Å². The van der Waals surface area contributed by atoms with Gasteiger partial charge in [-0.1, -0.05) is 0 Å². The van der Waals surface area contributed by atoms with Crippen molar-refractivity contribution >= 4 is 5.91 Å². The summed E-state index contributed by atoms with van der Waals surface area (Å²) in [5.74, 6) is 4.96. The minimum Gasteiger partial charge on any atom is -0.378 e. The van der Waals surface area contributed by atoms with Gasteiger partial charge in [0.2, 0.25) is 5.91 Å². The van der Waals surface area contributed by atoms with E-state index in [4.69, 9.17) is 9.72 Å². The maximum atomic E-state index is 12.4. The lowest BCUT2D eigenvalue weighted by Crippen LogP contribution is -2.41. The molecule has 1 aromatic rings. The second kappa shape index (κ2) is 6.93. The molecule has 0 unspecified atom stereocenters. The molecule has 142 valence electrons. The van der Waals surface area contributed by atoms with Crippen LogP contribution in [0.1, 0.15) is 55.6 Å². The average Bonchev–Trinajstić information content (AvgIpc) is 3.61. The molecule has 0 bridgehead atoms. The van der Waals surface area contributed by atoms with Gasteiger partial charge in [-0.25, -0.2) is 4.98 Å². The van der Waals surface area contributed by atoms with Crippen LogP contribution in [0.15, 0.2) is 0 Å². The SMILES string of the molecule is O=C(CCN1C[C@H](c2nc(C3CC3)n[nH]2)[C@@H](C2CC2)C1)N1CCOCC1. The van der Waals surface area contributed by atoms with Crippen molar-refractivity contribution < 1.29 is 9.53 Å². The predicted molar refractivity (Wildman–Crippen MR) is 95.8 cm³/mol. The molecule has 0 radical (unpaired) electrons. The number of amides is 1. The highest BCUT2D eigenvalue weighted by Gasteiger charge is 2.44. The van der Waals surface area contributed by atoms with Crippen molar-refractivity contribution in [1.29, 1.82) is 0 Å². The predicted octanol–water partition coefficient (Wildman–Crippen LogP) is 1.36. The molecule has 1 aromatic heterocycles. The number of morpholine rings is 1. The van der Waals surface area contributed by atoms with Crippen LogP contribution in [0.25, 0.3) is 0 Å². The number of ether oxygens (including phenoxy) is 1. The Bertz CT molecular complexity index is 648. The smallest absolute Gasteiger partial charge is 0.224 e. The summed E-state index contributed by atoms with van der Waals surface area (Å²) >= 11 is 0. The fraction of sp³-hybridized carbons (Fsp3) is 0.842. The zero-order chi connectivity index (χ0) is 17.5. The number of hydrogen-bond donors (Lipinski definition) is 1. The van der Waals surface area contributed by atoms with E-state index in [1.54, 1.807) is 0 Å². The lowest BCUT2D eigenvalue weighted by molar-refractivity contribution is -0.135. The number of aromatic amines is 1. The molecular formula is C19H29N5O2. The summed E-state index contributed by atoms with van der Waals surface area (Å²) in [6.07, 6.45) is 5.80. The number of H-pyrrole nitrogens is 1. The molecule has 2 atom stereocenters. The van der Waals surface area contributed by atoms with Crippen molar-refractivity contribution in [1.82, 2.24) is 25.0 Å². The summed E-state index contributed by atoms with van der Waals surface area (Å²) in [5.41, 5.74) is 0. The summed E-state index contributed by atoms with van der Waals surface area (Å²) in [7, 11) is 0. The summed E-state index contributed by atoms with van der Waals surface area (Å²) in [6, 6.07) is 0. The van der Waals surface area contributed by atoms with Crippen molar-refractivity contribution in [2.24, 2.45) is 11.8 Å². The first kappa shape index (κ1) is 16.7. The zero-order valence-electron chi connectivity index (χ0n) is 15.4. The topological polar surface area (TPSA) is 74.4 Å². The minimum absolute atomic E-state index is 0.274. The van der Waals surface area contributed by atoms with Gasteiger partial charge in [0.25, 0.3) is 0 Å². The molecule has 0 aromatic carbocycles. The molecule has 26 heavy (non-hydrogen) atoms. The first-order valence-corrected chi connectivity index (χ1v) is 10.3. The third-order valence-corrected chi connectivity index (χ3v) is 6.49. The molecule has 3 heterocycles. The van der Waals surface area contributed by atoms with E-state index >= 15 is 0 Å². The van der Waals surface area contributed by atoms with Crippen LogP contribution in [-0.2, 0) is 9.53 Å². The van der Waals surface area contributed by atoms with E-state index in [0.29, 0.717) is 37.4 Å². The van der Waals surface area contributed by atoms with Gasteiger partial charge in [-0.15, -0.1) is 0 Å². The molecule has 2 aliphatic heterocycles. The molecule has 2 aliphatic carbocycles. The van der Waals surface area contributed by atoms with Crippen LogP contribution < -0.4 is 0 Å². The Balaban J connectivity index is 1.20. The number of nitrogens with one attached hydrogen (secondary N) is 1. The van der Waals surface area contributed by atoms with Crippen molar-refractivity contribution in [2.45, 2.75) is 43.9 Å². The normalized spacial score (nSPS) is 30.1. The van der Waals surface area contributed by atoms with Crippen LogP contribution in [0, 0.1) is 11.8 Å². The number of carbonyl (C=O) groups is 1. The molecule has 5 rings (SSSR count). The maximum Gasteiger partial charge on any atom is 0.224 e. The zero-order valence-corrected chi connectivity index (χ0v) is 15.4. The summed E-state index contributed by atoms with van der Waals surface area (Å²) < 4.78 is 5.34. The van der Waals surface area contributed by atoms with Gasteiger partial charge in [0.1, 0.15) is 5.82 Å². The van der Waals surface area contributed by atoms with Crippen molar-refractivity contribution in [3.05, 3.63) is 11.6 Å². The van der Waals surface area contributed by atoms with Crippen molar-refractivity contribution in [3.63, 3.8) is 0 Å². The second-order valence-electron chi connectivity index (χ2n) is 8.46. The first-order valence-electron chi connectivity index (χ1n) is 10.3. The third-order valence-electron chi connectivity index (χ3n) is 6.49. The maximum absolute atomic E-state index is 12.4. The van der Waals surface area contributed by atoms with Crippen LogP contribution >= 0.6 is 0 Å². The number of hydrogen-bond acceptors (Lipinski definition) is 5. The molecule has 7 heteroatoms. The molecule has 0 spiro atoms. The van der Waals surface area contributed by atoms with E-state index in [0.717, 1.165) is 50.3 Å². The van der Waals surface area contributed by atoms with E-state index < -0.39 is 0 Å². The number of aromatic nitrogens is 3. The Kier molecular flexibility index (Phi) is 4.44. The number of carbonyl (C=O) groups excluding carboxylic acids is 1. The molecular weight excluding hydrogens is 330 g/mol. The van der Waals surface area contributed by atoms with Crippen LogP contribution in [0.2, 0.25) is 0 Å². The molecule has 2 saturated carbocycles. The monoisotopic (exact) mass is 359 g/mol.